The first-order chi connectivity index (χ1) is 5.77. The maximum Gasteiger partial charge on any atom is 0.312 e. The molecule has 0 rings (SSSR count). The largest absolute Gasteiger partial charge is 0.352 e. The molecule has 0 aromatic rings. The molecule has 12 heavy (non-hydrogen) atoms. The third kappa shape index (κ3) is 8.97. The summed E-state index contributed by atoms with van der Waals surface area (Å²) >= 11 is 0. The lowest BCUT2D eigenvalue weighted by Crippen LogP contribution is -2.35. The van der Waals surface area contributed by atoms with Gasteiger partial charge in [-0.25, -0.2) is 4.79 Å². The standard InChI is InChI=1S/C8H17N3O/c1-2-3-4-5-10-6-7-11-8(9)12/h2,10H,1,3-7H2,(H3,9,11,12). The summed E-state index contributed by atoms with van der Waals surface area (Å²) < 4.78 is 0. The van der Waals surface area contributed by atoms with Gasteiger partial charge in [0.1, 0.15) is 0 Å². The summed E-state index contributed by atoms with van der Waals surface area (Å²) in [5.74, 6) is 0. The third-order valence-corrected chi connectivity index (χ3v) is 1.36. The molecule has 0 radical (unpaired) electrons. The summed E-state index contributed by atoms with van der Waals surface area (Å²) in [5.41, 5.74) is 4.86. The molecule has 0 saturated carbocycles. The summed E-state index contributed by atoms with van der Waals surface area (Å²) in [6.45, 7) is 5.92. The van der Waals surface area contributed by atoms with Crippen LogP contribution in [0.4, 0.5) is 4.79 Å². The first-order valence-corrected chi connectivity index (χ1v) is 4.12. The Labute approximate surface area is 73.2 Å². The summed E-state index contributed by atoms with van der Waals surface area (Å²) in [4.78, 5) is 10.2. The number of primary amides is 1. The maximum absolute atomic E-state index is 10.2. The number of hydrogen-bond donors (Lipinski definition) is 3. The van der Waals surface area contributed by atoms with E-state index in [1.165, 1.54) is 0 Å². The number of carbonyl (C=O) groups excluding carboxylic acids is 1. The normalized spacial score (nSPS) is 9.33. The topological polar surface area (TPSA) is 67.2 Å². The molecule has 0 aliphatic heterocycles. The fraction of sp³-hybridized carbons (Fsp3) is 0.625. The van der Waals surface area contributed by atoms with Crippen LogP contribution in [0.1, 0.15) is 12.8 Å². The van der Waals surface area contributed by atoms with Gasteiger partial charge in [-0.3, -0.25) is 0 Å². The van der Waals surface area contributed by atoms with Crippen molar-refractivity contribution in [1.29, 1.82) is 0 Å². The van der Waals surface area contributed by atoms with E-state index in [0.29, 0.717) is 6.54 Å². The minimum atomic E-state index is -0.470. The van der Waals surface area contributed by atoms with E-state index in [9.17, 15) is 4.79 Å². The van der Waals surface area contributed by atoms with Crippen LogP contribution >= 0.6 is 0 Å². The van der Waals surface area contributed by atoms with Gasteiger partial charge < -0.3 is 16.4 Å². The van der Waals surface area contributed by atoms with Gasteiger partial charge in [0.2, 0.25) is 0 Å². The first-order valence-electron chi connectivity index (χ1n) is 4.12. The number of urea groups is 1. The van der Waals surface area contributed by atoms with E-state index in [4.69, 9.17) is 5.73 Å². The Kier molecular flexibility index (Phi) is 7.38. The lowest BCUT2D eigenvalue weighted by atomic mass is 10.3. The summed E-state index contributed by atoms with van der Waals surface area (Å²) in [6.07, 6.45) is 4.00. The Morgan fingerprint density at radius 2 is 2.17 bits per heavy atom. The number of hydrogen-bond acceptors (Lipinski definition) is 2. The van der Waals surface area contributed by atoms with Gasteiger partial charge in [0.25, 0.3) is 0 Å². The van der Waals surface area contributed by atoms with E-state index in [0.717, 1.165) is 25.9 Å². The molecule has 0 heterocycles. The highest BCUT2D eigenvalue weighted by Gasteiger charge is 1.89. The molecule has 0 saturated heterocycles. The van der Waals surface area contributed by atoms with Crippen molar-refractivity contribution in [2.24, 2.45) is 5.73 Å². The van der Waals surface area contributed by atoms with Crippen LogP contribution in [0.15, 0.2) is 12.7 Å². The van der Waals surface area contributed by atoms with Crippen molar-refractivity contribution in [3.05, 3.63) is 12.7 Å². The van der Waals surface area contributed by atoms with E-state index < -0.39 is 6.03 Å². The van der Waals surface area contributed by atoms with Crippen LogP contribution in [0, 0.1) is 0 Å². The van der Waals surface area contributed by atoms with E-state index >= 15 is 0 Å². The monoisotopic (exact) mass is 171 g/mol. The molecule has 70 valence electrons. The Morgan fingerprint density at radius 1 is 1.42 bits per heavy atom. The highest BCUT2D eigenvalue weighted by atomic mass is 16.2. The molecule has 0 aromatic carbocycles. The lowest BCUT2D eigenvalue weighted by Gasteiger charge is -2.03. The molecule has 0 fully saturated rings. The van der Waals surface area contributed by atoms with Gasteiger partial charge in [-0.2, -0.15) is 0 Å². The predicted molar refractivity (Wildman–Crippen MR) is 49.9 cm³/mol. The number of allylic oxidation sites excluding steroid dienone is 1. The fourth-order valence-corrected chi connectivity index (χ4v) is 0.770. The predicted octanol–water partition coefficient (Wildman–Crippen LogP) is 0.210. The summed E-state index contributed by atoms with van der Waals surface area (Å²) in [5, 5.41) is 5.65. The Hall–Kier alpha value is -1.03. The second-order valence-corrected chi connectivity index (χ2v) is 2.47. The summed E-state index contributed by atoms with van der Waals surface area (Å²) in [6, 6.07) is -0.470. The molecule has 0 unspecified atom stereocenters. The van der Waals surface area contributed by atoms with Gasteiger partial charge in [-0.1, -0.05) is 6.08 Å². The van der Waals surface area contributed by atoms with Gasteiger partial charge in [-0.15, -0.1) is 6.58 Å². The average Bonchev–Trinajstić information content (AvgIpc) is 2.02. The number of amides is 2. The van der Waals surface area contributed by atoms with E-state index in [1.807, 2.05) is 6.08 Å². The second kappa shape index (κ2) is 8.07. The van der Waals surface area contributed by atoms with Gasteiger partial charge >= 0.3 is 6.03 Å². The molecule has 0 spiro atoms. The van der Waals surface area contributed by atoms with Crippen molar-refractivity contribution in [2.45, 2.75) is 12.8 Å². The molecule has 0 aromatic heterocycles. The van der Waals surface area contributed by atoms with Crippen LogP contribution in [0.2, 0.25) is 0 Å². The Morgan fingerprint density at radius 3 is 2.75 bits per heavy atom. The third-order valence-electron chi connectivity index (χ3n) is 1.36. The smallest absolute Gasteiger partial charge is 0.312 e. The van der Waals surface area contributed by atoms with Gasteiger partial charge in [0.05, 0.1) is 0 Å². The van der Waals surface area contributed by atoms with Gasteiger partial charge in [0, 0.05) is 13.1 Å². The molecule has 4 N–H and O–H groups in total. The molecule has 2 amide bonds. The van der Waals surface area contributed by atoms with Crippen molar-refractivity contribution in [3.8, 4) is 0 Å². The van der Waals surface area contributed by atoms with Crippen molar-refractivity contribution in [1.82, 2.24) is 10.6 Å². The highest BCUT2D eigenvalue weighted by Crippen LogP contribution is 1.84. The highest BCUT2D eigenvalue weighted by molar-refractivity contribution is 5.71. The fourth-order valence-electron chi connectivity index (χ4n) is 0.770. The van der Waals surface area contributed by atoms with Crippen LogP contribution in [-0.2, 0) is 0 Å². The molecule has 4 heteroatoms. The number of unbranched alkanes of at least 4 members (excludes halogenated alkanes) is 1. The number of rotatable bonds is 7. The lowest BCUT2D eigenvalue weighted by molar-refractivity contribution is 0.249. The number of carbonyl (C=O) groups is 1. The summed E-state index contributed by atoms with van der Waals surface area (Å²) in [7, 11) is 0. The molecule has 4 nitrogen and oxygen atoms in total. The van der Waals surface area contributed by atoms with E-state index in [-0.39, 0.29) is 0 Å². The molecule has 0 aliphatic rings. The van der Waals surface area contributed by atoms with Crippen LogP contribution in [0.5, 0.6) is 0 Å². The number of nitrogens with one attached hydrogen (secondary N) is 2. The van der Waals surface area contributed by atoms with Crippen LogP contribution in [0.25, 0.3) is 0 Å². The Bertz CT molecular complexity index is 136. The van der Waals surface area contributed by atoms with Crippen molar-refractivity contribution < 1.29 is 4.79 Å². The SMILES string of the molecule is C=CCCCNCCNC(N)=O. The first kappa shape index (κ1) is 11.0. The molecular formula is C8H17N3O. The molecular weight excluding hydrogens is 154 g/mol. The number of nitrogens with two attached hydrogens (primary N) is 1. The molecule has 0 bridgehead atoms. The minimum absolute atomic E-state index is 0.470. The van der Waals surface area contributed by atoms with Gasteiger partial charge in [0.15, 0.2) is 0 Å². The van der Waals surface area contributed by atoms with Crippen molar-refractivity contribution >= 4 is 6.03 Å². The zero-order chi connectivity index (χ0) is 9.23. The van der Waals surface area contributed by atoms with Crippen molar-refractivity contribution in [3.63, 3.8) is 0 Å². The molecule has 0 aliphatic carbocycles. The van der Waals surface area contributed by atoms with Crippen LogP contribution < -0.4 is 16.4 Å². The average molecular weight is 171 g/mol. The Balaban J connectivity index is 2.90. The molecule has 0 atom stereocenters. The maximum atomic E-state index is 10.2. The minimum Gasteiger partial charge on any atom is -0.352 e. The quantitative estimate of drug-likeness (QED) is 0.378. The van der Waals surface area contributed by atoms with Gasteiger partial charge in [-0.05, 0) is 19.4 Å². The second-order valence-electron chi connectivity index (χ2n) is 2.47. The van der Waals surface area contributed by atoms with Crippen LogP contribution in [-0.4, -0.2) is 25.7 Å². The van der Waals surface area contributed by atoms with Crippen LogP contribution in [0.3, 0.4) is 0 Å². The zero-order valence-electron chi connectivity index (χ0n) is 7.31. The van der Waals surface area contributed by atoms with Crippen molar-refractivity contribution in [2.75, 3.05) is 19.6 Å². The van der Waals surface area contributed by atoms with E-state index in [2.05, 4.69) is 17.2 Å². The van der Waals surface area contributed by atoms with E-state index in [1.54, 1.807) is 0 Å². The zero-order valence-corrected chi connectivity index (χ0v) is 7.31.